The number of aliphatic hydroxyl groups is 1. The molecule has 0 unspecified atom stereocenters. The van der Waals surface area contributed by atoms with Crippen molar-refractivity contribution in [3.05, 3.63) is 59.7 Å². The normalized spacial score (nSPS) is 11.7. The fourth-order valence-electron chi connectivity index (χ4n) is 2.24. The summed E-state index contributed by atoms with van der Waals surface area (Å²) in [6.07, 6.45) is 0.427. The summed E-state index contributed by atoms with van der Waals surface area (Å²) in [5.41, 5.74) is 0.887. The molecule has 128 valence electrons. The summed E-state index contributed by atoms with van der Waals surface area (Å²) in [5, 5.41) is 14.3. The molecule has 24 heavy (non-hydrogen) atoms. The Labute approximate surface area is 138 Å². The Kier molecular flexibility index (Phi) is 6.08. The average molecular weight is 336 g/mol. The maximum Gasteiger partial charge on any atom is 0.319 e. The second-order valence-corrected chi connectivity index (χ2v) is 5.14. The number of carbonyl (C=O) groups is 1. The molecule has 0 heterocycles. The van der Waals surface area contributed by atoms with Crippen LogP contribution < -0.4 is 15.4 Å². The van der Waals surface area contributed by atoms with Crippen LogP contribution in [0.1, 0.15) is 5.56 Å². The van der Waals surface area contributed by atoms with Gasteiger partial charge in [-0.3, -0.25) is 0 Å². The zero-order valence-electron chi connectivity index (χ0n) is 13.1. The highest BCUT2D eigenvalue weighted by Crippen LogP contribution is 2.25. The van der Waals surface area contributed by atoms with Gasteiger partial charge >= 0.3 is 6.03 Å². The summed E-state index contributed by atoms with van der Waals surface area (Å²) in [6, 6.07) is 10.0. The van der Waals surface area contributed by atoms with Crippen molar-refractivity contribution in [1.82, 2.24) is 5.32 Å². The molecular weight excluding hydrogens is 318 g/mol. The first kappa shape index (κ1) is 17.7. The molecule has 2 amide bonds. The van der Waals surface area contributed by atoms with E-state index in [4.69, 9.17) is 0 Å². The van der Waals surface area contributed by atoms with Crippen LogP contribution >= 0.6 is 0 Å². The molecule has 0 saturated carbocycles. The molecule has 0 radical (unpaired) electrons. The molecule has 7 heteroatoms. The number of hydrogen-bond donors (Lipinski definition) is 3. The van der Waals surface area contributed by atoms with Gasteiger partial charge in [0.05, 0.1) is 19.8 Å². The van der Waals surface area contributed by atoms with Gasteiger partial charge in [0.1, 0.15) is 0 Å². The number of amides is 2. The minimum Gasteiger partial charge on any atom is -0.491 e. The molecule has 0 aliphatic carbocycles. The van der Waals surface area contributed by atoms with Crippen molar-refractivity contribution in [2.75, 3.05) is 19.0 Å². The van der Waals surface area contributed by atoms with Crippen LogP contribution in [0.3, 0.4) is 0 Å². The number of rotatable bonds is 6. The molecule has 0 bridgehead atoms. The molecule has 0 fully saturated rings. The molecule has 3 N–H and O–H groups in total. The van der Waals surface area contributed by atoms with E-state index in [9.17, 15) is 18.7 Å². The summed E-state index contributed by atoms with van der Waals surface area (Å²) < 4.78 is 31.8. The van der Waals surface area contributed by atoms with Crippen LogP contribution in [0.5, 0.6) is 5.75 Å². The van der Waals surface area contributed by atoms with Crippen LogP contribution in [0.2, 0.25) is 0 Å². The first-order valence-electron chi connectivity index (χ1n) is 7.28. The molecule has 0 saturated heterocycles. The van der Waals surface area contributed by atoms with Gasteiger partial charge in [-0.2, -0.15) is 0 Å². The highest BCUT2D eigenvalue weighted by Gasteiger charge is 2.15. The Morgan fingerprint density at radius 1 is 1.21 bits per heavy atom. The molecule has 2 aromatic carbocycles. The number of urea groups is 1. The van der Waals surface area contributed by atoms with Crippen LogP contribution in [0.25, 0.3) is 0 Å². The quantitative estimate of drug-likeness (QED) is 0.760. The smallest absolute Gasteiger partial charge is 0.319 e. The number of benzene rings is 2. The number of nitrogens with one attached hydrogen (secondary N) is 2. The second kappa shape index (κ2) is 8.26. The Morgan fingerprint density at radius 3 is 2.38 bits per heavy atom. The van der Waals surface area contributed by atoms with E-state index in [1.54, 1.807) is 0 Å². The van der Waals surface area contributed by atoms with Crippen LogP contribution in [0.15, 0.2) is 42.5 Å². The van der Waals surface area contributed by atoms with Crippen molar-refractivity contribution >= 4 is 11.7 Å². The van der Waals surface area contributed by atoms with E-state index in [2.05, 4.69) is 15.4 Å². The zero-order chi connectivity index (χ0) is 17.5. The van der Waals surface area contributed by atoms with Gasteiger partial charge in [0, 0.05) is 17.8 Å². The van der Waals surface area contributed by atoms with Gasteiger partial charge in [-0.15, -0.1) is 0 Å². The minimum atomic E-state index is -0.921. The lowest BCUT2D eigenvalue weighted by Gasteiger charge is -2.17. The number of ether oxygens (including phenoxy) is 1. The van der Waals surface area contributed by atoms with Gasteiger partial charge in [0.25, 0.3) is 0 Å². The molecular formula is C17H18F2N2O3. The summed E-state index contributed by atoms with van der Waals surface area (Å²) in [6.45, 7) is -0.270. The van der Waals surface area contributed by atoms with Crippen molar-refractivity contribution < 1.29 is 23.4 Å². The number of carbonyl (C=O) groups excluding carboxylic acids is 1. The van der Waals surface area contributed by atoms with E-state index in [0.717, 1.165) is 24.8 Å². The fourth-order valence-corrected chi connectivity index (χ4v) is 2.24. The van der Waals surface area contributed by atoms with Gasteiger partial charge in [0.15, 0.2) is 17.4 Å². The lowest BCUT2D eigenvalue weighted by Crippen LogP contribution is -2.41. The maximum absolute atomic E-state index is 13.6. The fraction of sp³-hybridized carbons (Fsp3) is 0.235. The van der Waals surface area contributed by atoms with Crippen molar-refractivity contribution in [3.63, 3.8) is 0 Å². The summed E-state index contributed by atoms with van der Waals surface area (Å²) in [7, 11) is 1.15. The Bertz CT molecular complexity index is 672. The maximum atomic E-state index is 13.6. The van der Waals surface area contributed by atoms with Gasteiger partial charge in [-0.05, 0) is 12.0 Å². The number of methoxy groups -OCH3 is 1. The molecule has 2 rings (SSSR count). The third kappa shape index (κ3) is 4.66. The Hall–Kier alpha value is -2.67. The Morgan fingerprint density at radius 2 is 1.83 bits per heavy atom. The molecule has 2 aromatic rings. The monoisotopic (exact) mass is 336 g/mol. The number of hydrogen-bond acceptors (Lipinski definition) is 3. The first-order chi connectivity index (χ1) is 11.5. The highest BCUT2D eigenvalue weighted by atomic mass is 19.1. The van der Waals surface area contributed by atoms with Gasteiger partial charge in [-0.1, -0.05) is 30.3 Å². The molecule has 0 aliphatic heterocycles. The minimum absolute atomic E-state index is 0.0558. The first-order valence-corrected chi connectivity index (χ1v) is 7.28. The molecule has 0 spiro atoms. The third-order valence-corrected chi connectivity index (χ3v) is 3.34. The standard InChI is InChI=1S/C17H18F2N2O3/c1-24-16-14(18)8-12(9-15(16)19)20-17(23)21-13(10-22)7-11-5-3-2-4-6-11/h2-6,8-9,13,22H,7,10H2,1H3,(H2,20,21,23)/t13-/m0/s1. The molecule has 5 nitrogen and oxygen atoms in total. The number of halogens is 2. The van der Waals surface area contributed by atoms with Crippen molar-refractivity contribution in [2.45, 2.75) is 12.5 Å². The van der Waals surface area contributed by atoms with Gasteiger partial charge < -0.3 is 20.5 Å². The van der Waals surface area contributed by atoms with E-state index in [1.165, 1.54) is 0 Å². The van der Waals surface area contributed by atoms with E-state index in [0.29, 0.717) is 6.42 Å². The third-order valence-electron chi connectivity index (χ3n) is 3.34. The van der Waals surface area contributed by atoms with Crippen molar-refractivity contribution in [3.8, 4) is 5.75 Å². The lowest BCUT2D eigenvalue weighted by atomic mass is 10.1. The zero-order valence-corrected chi connectivity index (χ0v) is 13.1. The van der Waals surface area contributed by atoms with Crippen molar-refractivity contribution in [1.29, 1.82) is 0 Å². The van der Waals surface area contributed by atoms with Gasteiger partial charge in [0.2, 0.25) is 0 Å². The van der Waals surface area contributed by atoms with E-state index in [-0.39, 0.29) is 12.3 Å². The summed E-state index contributed by atoms with van der Waals surface area (Å²) in [5.74, 6) is -2.36. The SMILES string of the molecule is COc1c(F)cc(NC(=O)N[C@H](CO)Cc2ccccc2)cc1F. The predicted octanol–water partition coefficient (Wildman–Crippen LogP) is 2.70. The molecule has 0 aliphatic rings. The second-order valence-electron chi connectivity index (χ2n) is 5.14. The molecule has 0 aromatic heterocycles. The summed E-state index contributed by atoms with van der Waals surface area (Å²) in [4.78, 5) is 11.9. The number of anilines is 1. The number of aliphatic hydroxyl groups excluding tert-OH is 1. The van der Waals surface area contributed by atoms with Crippen molar-refractivity contribution in [2.24, 2.45) is 0 Å². The van der Waals surface area contributed by atoms with Crippen LogP contribution in [-0.2, 0) is 6.42 Å². The van der Waals surface area contributed by atoms with Crippen LogP contribution in [0, 0.1) is 11.6 Å². The largest absolute Gasteiger partial charge is 0.491 e. The molecule has 1 atom stereocenters. The predicted molar refractivity (Wildman–Crippen MR) is 86.1 cm³/mol. The lowest BCUT2D eigenvalue weighted by molar-refractivity contribution is 0.224. The van der Waals surface area contributed by atoms with E-state index >= 15 is 0 Å². The van der Waals surface area contributed by atoms with E-state index < -0.39 is 29.5 Å². The Balaban J connectivity index is 1.99. The van der Waals surface area contributed by atoms with Crippen LogP contribution in [-0.4, -0.2) is 30.9 Å². The average Bonchev–Trinajstić information content (AvgIpc) is 2.55. The van der Waals surface area contributed by atoms with E-state index in [1.807, 2.05) is 30.3 Å². The van der Waals surface area contributed by atoms with Crippen LogP contribution in [0.4, 0.5) is 19.3 Å². The van der Waals surface area contributed by atoms with Gasteiger partial charge in [-0.25, -0.2) is 13.6 Å². The topological polar surface area (TPSA) is 70.6 Å². The highest BCUT2D eigenvalue weighted by molar-refractivity contribution is 5.89. The summed E-state index contributed by atoms with van der Waals surface area (Å²) >= 11 is 0.